The Labute approximate surface area is 121 Å². The minimum Gasteiger partial charge on any atom is -0.462 e. The van der Waals surface area contributed by atoms with Gasteiger partial charge in [-0.2, -0.15) is 0 Å². The molecule has 0 fully saturated rings. The molecule has 2 aromatic rings. The Kier molecular flexibility index (Phi) is 4.37. The van der Waals surface area contributed by atoms with Gasteiger partial charge < -0.3 is 14.7 Å². The Morgan fingerprint density at radius 1 is 1.05 bits per heavy atom. The van der Waals surface area contributed by atoms with Crippen LogP contribution < -0.4 is 5.69 Å². The van der Waals surface area contributed by atoms with E-state index in [4.69, 9.17) is 4.74 Å². The number of nitrogens with one attached hydrogen (secondary N) is 2. The third-order valence-electron chi connectivity index (χ3n) is 3.04. The standard InChI is InChI=1S/C15H16N2O4/c1-3-11-12(17-15(20)16-11)13(18)9-5-7-10(8-6-9)14(19)21-4-2/h5-8H,3-4H2,1-2H3,(H2,16,17,20). The normalized spacial score (nSPS) is 10.4. The van der Waals surface area contributed by atoms with Crippen LogP contribution in [0, 0.1) is 0 Å². The quantitative estimate of drug-likeness (QED) is 0.646. The van der Waals surface area contributed by atoms with Gasteiger partial charge in [-0.1, -0.05) is 19.1 Å². The highest BCUT2D eigenvalue weighted by Crippen LogP contribution is 2.12. The van der Waals surface area contributed by atoms with E-state index in [0.29, 0.717) is 29.8 Å². The Morgan fingerprint density at radius 2 is 1.67 bits per heavy atom. The number of ether oxygens (including phenoxy) is 1. The molecule has 21 heavy (non-hydrogen) atoms. The van der Waals surface area contributed by atoms with Crippen molar-refractivity contribution in [1.29, 1.82) is 0 Å². The molecule has 6 heteroatoms. The summed E-state index contributed by atoms with van der Waals surface area (Å²) < 4.78 is 4.88. The minimum atomic E-state index is -0.430. The van der Waals surface area contributed by atoms with Crippen molar-refractivity contribution in [2.24, 2.45) is 0 Å². The molecular weight excluding hydrogens is 272 g/mol. The number of ketones is 1. The summed E-state index contributed by atoms with van der Waals surface area (Å²) in [5.74, 6) is -0.721. The number of carbonyl (C=O) groups excluding carboxylic acids is 2. The maximum atomic E-state index is 12.3. The van der Waals surface area contributed by atoms with Crippen LogP contribution in [0.4, 0.5) is 0 Å². The SMILES string of the molecule is CCOC(=O)c1ccc(C(=O)c2[nH]c(=O)[nH]c2CC)cc1. The number of hydrogen-bond donors (Lipinski definition) is 2. The van der Waals surface area contributed by atoms with Crippen molar-refractivity contribution in [1.82, 2.24) is 9.97 Å². The van der Waals surface area contributed by atoms with Gasteiger partial charge in [0.05, 0.1) is 12.2 Å². The highest BCUT2D eigenvalue weighted by Gasteiger charge is 2.16. The van der Waals surface area contributed by atoms with Crippen molar-refractivity contribution < 1.29 is 14.3 Å². The highest BCUT2D eigenvalue weighted by molar-refractivity contribution is 6.08. The molecule has 2 N–H and O–H groups in total. The van der Waals surface area contributed by atoms with E-state index in [-0.39, 0.29) is 11.5 Å². The van der Waals surface area contributed by atoms with Gasteiger partial charge >= 0.3 is 11.7 Å². The van der Waals surface area contributed by atoms with Gasteiger partial charge in [-0.3, -0.25) is 4.79 Å². The van der Waals surface area contributed by atoms with Crippen LogP contribution in [0.25, 0.3) is 0 Å². The van der Waals surface area contributed by atoms with Gasteiger partial charge in [0.15, 0.2) is 0 Å². The molecule has 0 saturated heterocycles. The third-order valence-corrected chi connectivity index (χ3v) is 3.04. The number of hydrogen-bond acceptors (Lipinski definition) is 4. The molecule has 6 nitrogen and oxygen atoms in total. The van der Waals surface area contributed by atoms with E-state index in [0.717, 1.165) is 0 Å². The second kappa shape index (κ2) is 6.21. The fraction of sp³-hybridized carbons (Fsp3) is 0.267. The van der Waals surface area contributed by atoms with Gasteiger partial charge in [0.25, 0.3) is 0 Å². The van der Waals surface area contributed by atoms with E-state index in [9.17, 15) is 14.4 Å². The Balaban J connectivity index is 2.28. The molecule has 110 valence electrons. The molecule has 0 aliphatic carbocycles. The molecule has 1 aromatic heterocycles. The highest BCUT2D eigenvalue weighted by atomic mass is 16.5. The van der Waals surface area contributed by atoms with Gasteiger partial charge in [0.2, 0.25) is 5.78 Å². The zero-order valence-electron chi connectivity index (χ0n) is 11.9. The summed E-state index contributed by atoms with van der Waals surface area (Å²) >= 11 is 0. The van der Waals surface area contributed by atoms with Gasteiger partial charge in [0.1, 0.15) is 5.69 Å². The van der Waals surface area contributed by atoms with Crippen molar-refractivity contribution in [3.8, 4) is 0 Å². The monoisotopic (exact) mass is 288 g/mol. The van der Waals surface area contributed by atoms with E-state index in [1.54, 1.807) is 19.1 Å². The first-order valence-electron chi connectivity index (χ1n) is 6.69. The maximum absolute atomic E-state index is 12.3. The topological polar surface area (TPSA) is 92.0 Å². The minimum absolute atomic E-state index is 0.256. The molecule has 0 bridgehead atoms. The number of H-pyrrole nitrogens is 2. The van der Waals surface area contributed by atoms with Crippen LogP contribution in [-0.4, -0.2) is 28.3 Å². The molecule has 0 spiro atoms. The van der Waals surface area contributed by atoms with E-state index < -0.39 is 11.7 Å². The summed E-state index contributed by atoms with van der Waals surface area (Å²) in [5, 5.41) is 0. The first-order chi connectivity index (χ1) is 10.1. The van der Waals surface area contributed by atoms with Crippen LogP contribution in [-0.2, 0) is 11.2 Å². The number of aromatic amines is 2. The molecule has 1 aromatic carbocycles. The fourth-order valence-electron chi connectivity index (χ4n) is 2.00. The number of esters is 1. The van der Waals surface area contributed by atoms with Gasteiger partial charge in [-0.15, -0.1) is 0 Å². The zero-order chi connectivity index (χ0) is 15.4. The number of aryl methyl sites for hydroxylation is 1. The molecule has 0 aliphatic heterocycles. The first-order valence-corrected chi connectivity index (χ1v) is 6.69. The van der Waals surface area contributed by atoms with Crippen LogP contribution in [0.15, 0.2) is 29.1 Å². The van der Waals surface area contributed by atoms with E-state index in [2.05, 4.69) is 9.97 Å². The van der Waals surface area contributed by atoms with E-state index in [1.165, 1.54) is 12.1 Å². The van der Waals surface area contributed by atoms with Crippen LogP contribution in [0.1, 0.15) is 46.0 Å². The Bertz CT molecular complexity index is 710. The van der Waals surface area contributed by atoms with Crippen molar-refractivity contribution in [3.05, 3.63) is 57.3 Å². The van der Waals surface area contributed by atoms with Crippen molar-refractivity contribution >= 4 is 11.8 Å². The molecular formula is C15H16N2O4. The smallest absolute Gasteiger partial charge is 0.338 e. The summed E-state index contributed by atoms with van der Waals surface area (Å²) in [6, 6.07) is 6.14. The van der Waals surface area contributed by atoms with Gasteiger partial charge in [-0.05, 0) is 25.5 Å². The summed E-state index contributed by atoms with van der Waals surface area (Å²) in [6.07, 6.45) is 0.542. The number of aromatic nitrogens is 2. The lowest BCUT2D eigenvalue weighted by molar-refractivity contribution is 0.0526. The molecule has 0 aliphatic rings. The van der Waals surface area contributed by atoms with Crippen molar-refractivity contribution in [2.45, 2.75) is 20.3 Å². The van der Waals surface area contributed by atoms with Crippen LogP contribution in [0.3, 0.4) is 0 Å². The van der Waals surface area contributed by atoms with Crippen molar-refractivity contribution in [2.75, 3.05) is 6.61 Å². The lowest BCUT2D eigenvalue weighted by atomic mass is 10.0. The molecule has 0 atom stereocenters. The molecule has 1 heterocycles. The fourth-order valence-corrected chi connectivity index (χ4v) is 2.00. The van der Waals surface area contributed by atoms with Crippen LogP contribution >= 0.6 is 0 Å². The number of imidazole rings is 1. The summed E-state index contributed by atoms with van der Waals surface area (Å²) in [7, 11) is 0. The lowest BCUT2D eigenvalue weighted by Gasteiger charge is -2.04. The molecule has 0 radical (unpaired) electrons. The van der Waals surface area contributed by atoms with E-state index >= 15 is 0 Å². The predicted octanol–water partition coefficient (Wildman–Crippen LogP) is 1.67. The van der Waals surface area contributed by atoms with Gasteiger partial charge in [0, 0.05) is 11.3 Å². The van der Waals surface area contributed by atoms with E-state index in [1.807, 2.05) is 6.92 Å². The lowest BCUT2D eigenvalue weighted by Crippen LogP contribution is -2.08. The molecule has 0 unspecified atom stereocenters. The van der Waals surface area contributed by atoms with Crippen molar-refractivity contribution in [3.63, 3.8) is 0 Å². The number of rotatable bonds is 5. The average molecular weight is 288 g/mol. The second-order valence-corrected chi connectivity index (χ2v) is 4.41. The average Bonchev–Trinajstić information content (AvgIpc) is 2.88. The number of carbonyl (C=O) groups is 2. The summed E-state index contributed by atoms with van der Waals surface area (Å²) in [6.45, 7) is 3.87. The second-order valence-electron chi connectivity index (χ2n) is 4.41. The number of benzene rings is 1. The Hall–Kier alpha value is -2.63. The maximum Gasteiger partial charge on any atom is 0.338 e. The molecule has 0 saturated carbocycles. The largest absolute Gasteiger partial charge is 0.462 e. The predicted molar refractivity (Wildman–Crippen MR) is 76.6 cm³/mol. The van der Waals surface area contributed by atoms with Crippen LogP contribution in [0.2, 0.25) is 0 Å². The van der Waals surface area contributed by atoms with Gasteiger partial charge in [-0.25, -0.2) is 9.59 Å². The summed E-state index contributed by atoms with van der Waals surface area (Å²) in [4.78, 5) is 40.3. The first kappa shape index (κ1) is 14.8. The third kappa shape index (κ3) is 3.10. The molecule has 2 rings (SSSR count). The Morgan fingerprint density at radius 3 is 2.24 bits per heavy atom. The van der Waals surface area contributed by atoms with Crippen LogP contribution in [0.5, 0.6) is 0 Å². The molecule has 0 amide bonds. The zero-order valence-corrected chi connectivity index (χ0v) is 11.9. The summed E-state index contributed by atoms with van der Waals surface area (Å²) in [5.41, 5.74) is 1.20.